The van der Waals surface area contributed by atoms with Crippen LogP contribution in [0.25, 0.3) is 0 Å². The molecule has 1 fully saturated rings. The Kier molecular flexibility index (Phi) is 5.05. The molecule has 0 spiro atoms. The number of hydrogen-bond acceptors (Lipinski definition) is 3. The van der Waals surface area contributed by atoms with E-state index in [-0.39, 0.29) is 30.6 Å². The Hall–Kier alpha value is -0.610. The third kappa shape index (κ3) is 3.80. The number of hydrogen-bond donors (Lipinski definition) is 2. The van der Waals surface area contributed by atoms with E-state index in [1.165, 1.54) is 0 Å². The molecule has 0 bridgehead atoms. The lowest BCUT2D eigenvalue weighted by Gasteiger charge is -2.26. The maximum atomic E-state index is 11.7. The van der Waals surface area contributed by atoms with Gasteiger partial charge in [0.1, 0.15) is 6.10 Å². The Labute approximate surface area is 91.0 Å². The first kappa shape index (κ1) is 12.5. The lowest BCUT2D eigenvalue weighted by molar-refractivity contribution is -0.136. The molecule has 1 rings (SSSR count). The zero-order valence-corrected chi connectivity index (χ0v) is 9.53. The molecule has 88 valence electrons. The topological polar surface area (TPSA) is 58.6 Å². The van der Waals surface area contributed by atoms with Crippen LogP contribution in [0.1, 0.15) is 33.1 Å². The van der Waals surface area contributed by atoms with Gasteiger partial charge in [-0.15, -0.1) is 0 Å². The molecule has 1 saturated heterocycles. The fraction of sp³-hybridized carbons (Fsp3) is 0.909. The number of rotatable bonds is 4. The molecule has 1 aliphatic heterocycles. The minimum atomic E-state index is -0.313. The van der Waals surface area contributed by atoms with Crippen molar-refractivity contribution in [2.75, 3.05) is 13.2 Å². The molecule has 2 N–H and O–H groups in total. The summed E-state index contributed by atoms with van der Waals surface area (Å²) in [5, 5.41) is 11.9. The summed E-state index contributed by atoms with van der Waals surface area (Å²) in [5.41, 5.74) is 0. The zero-order chi connectivity index (χ0) is 11.3. The third-order valence-electron chi connectivity index (χ3n) is 2.80. The highest BCUT2D eigenvalue weighted by Gasteiger charge is 2.24. The molecular formula is C11H21NO3. The van der Waals surface area contributed by atoms with Crippen LogP contribution in [0.4, 0.5) is 0 Å². The minimum absolute atomic E-state index is 0.0177. The van der Waals surface area contributed by atoms with Crippen LogP contribution in [-0.2, 0) is 9.53 Å². The molecule has 0 aromatic heterocycles. The van der Waals surface area contributed by atoms with Gasteiger partial charge in [-0.1, -0.05) is 13.8 Å². The quantitative estimate of drug-likeness (QED) is 0.725. The van der Waals surface area contributed by atoms with E-state index in [0.717, 1.165) is 19.3 Å². The number of carbonyl (C=O) groups is 1. The van der Waals surface area contributed by atoms with Crippen molar-refractivity contribution in [3.63, 3.8) is 0 Å². The van der Waals surface area contributed by atoms with Crippen molar-refractivity contribution in [3.05, 3.63) is 0 Å². The number of nitrogens with one attached hydrogen (secondary N) is 1. The Morgan fingerprint density at radius 1 is 1.53 bits per heavy atom. The highest BCUT2D eigenvalue weighted by molar-refractivity contribution is 5.81. The van der Waals surface area contributed by atoms with Crippen molar-refractivity contribution in [1.29, 1.82) is 0 Å². The molecule has 4 nitrogen and oxygen atoms in total. The van der Waals surface area contributed by atoms with Gasteiger partial charge in [-0.05, 0) is 25.2 Å². The summed E-state index contributed by atoms with van der Waals surface area (Å²) in [6, 6.07) is -0.164. The van der Waals surface area contributed by atoms with E-state index in [1.54, 1.807) is 0 Å². The average Bonchev–Trinajstić information content (AvgIpc) is 2.26. The van der Waals surface area contributed by atoms with Gasteiger partial charge in [0, 0.05) is 6.61 Å². The predicted octanol–water partition coefficient (Wildman–Crippen LogP) is 0.689. The summed E-state index contributed by atoms with van der Waals surface area (Å²) in [4.78, 5) is 11.7. The van der Waals surface area contributed by atoms with Crippen molar-refractivity contribution < 1.29 is 14.6 Å². The van der Waals surface area contributed by atoms with E-state index < -0.39 is 0 Å². The average molecular weight is 215 g/mol. The molecule has 15 heavy (non-hydrogen) atoms. The second-order valence-electron chi connectivity index (χ2n) is 4.40. The lowest BCUT2D eigenvalue weighted by Crippen LogP contribution is -2.47. The Balaban J connectivity index is 2.38. The maximum absolute atomic E-state index is 11.7. The Bertz CT molecular complexity index is 200. The number of aliphatic hydroxyl groups excluding tert-OH is 1. The first-order valence-corrected chi connectivity index (χ1v) is 5.68. The van der Waals surface area contributed by atoms with Crippen LogP contribution in [0.3, 0.4) is 0 Å². The van der Waals surface area contributed by atoms with Crippen LogP contribution in [0.5, 0.6) is 0 Å². The molecule has 2 unspecified atom stereocenters. The molecule has 0 aliphatic carbocycles. The van der Waals surface area contributed by atoms with E-state index >= 15 is 0 Å². The van der Waals surface area contributed by atoms with Crippen molar-refractivity contribution in [3.8, 4) is 0 Å². The van der Waals surface area contributed by atoms with Crippen molar-refractivity contribution in [2.24, 2.45) is 5.92 Å². The summed E-state index contributed by atoms with van der Waals surface area (Å²) in [7, 11) is 0. The highest BCUT2D eigenvalue weighted by atomic mass is 16.5. The molecular weight excluding hydrogens is 194 g/mol. The van der Waals surface area contributed by atoms with Crippen molar-refractivity contribution in [2.45, 2.75) is 45.3 Å². The molecule has 0 radical (unpaired) electrons. The van der Waals surface area contributed by atoms with Crippen LogP contribution in [0.2, 0.25) is 0 Å². The number of amides is 1. The molecule has 1 heterocycles. The van der Waals surface area contributed by atoms with Crippen LogP contribution >= 0.6 is 0 Å². The SMILES string of the molecule is CC(C)C(CO)NC(=O)C1CCCCO1. The predicted molar refractivity (Wildman–Crippen MR) is 57.4 cm³/mol. The Morgan fingerprint density at radius 2 is 2.27 bits per heavy atom. The summed E-state index contributed by atoms with van der Waals surface area (Å²) >= 11 is 0. The summed E-state index contributed by atoms with van der Waals surface area (Å²) in [6.45, 7) is 4.60. The van der Waals surface area contributed by atoms with E-state index in [0.29, 0.717) is 6.61 Å². The molecule has 4 heteroatoms. The zero-order valence-electron chi connectivity index (χ0n) is 9.53. The standard InChI is InChI=1S/C11H21NO3/c1-8(2)9(7-13)12-11(14)10-5-3-4-6-15-10/h8-10,13H,3-7H2,1-2H3,(H,12,14). The Morgan fingerprint density at radius 3 is 2.73 bits per heavy atom. The van der Waals surface area contributed by atoms with Crippen LogP contribution < -0.4 is 5.32 Å². The monoisotopic (exact) mass is 215 g/mol. The van der Waals surface area contributed by atoms with Gasteiger partial charge in [0.05, 0.1) is 12.6 Å². The van der Waals surface area contributed by atoms with Crippen molar-refractivity contribution in [1.82, 2.24) is 5.32 Å². The summed E-state index contributed by atoms with van der Waals surface area (Å²) in [6.07, 6.45) is 2.56. The van der Waals surface area contributed by atoms with Crippen molar-refractivity contribution >= 4 is 5.91 Å². The van der Waals surface area contributed by atoms with E-state index in [2.05, 4.69) is 5.32 Å². The molecule has 2 atom stereocenters. The maximum Gasteiger partial charge on any atom is 0.249 e. The van der Waals surface area contributed by atoms with Crippen LogP contribution in [0, 0.1) is 5.92 Å². The van der Waals surface area contributed by atoms with Crippen LogP contribution in [0.15, 0.2) is 0 Å². The number of carbonyl (C=O) groups excluding carboxylic acids is 1. The first-order chi connectivity index (χ1) is 7.15. The van der Waals surface area contributed by atoms with Gasteiger partial charge in [-0.3, -0.25) is 4.79 Å². The van der Waals surface area contributed by atoms with Gasteiger partial charge in [-0.2, -0.15) is 0 Å². The minimum Gasteiger partial charge on any atom is -0.394 e. The molecule has 1 aliphatic rings. The molecule has 0 saturated carbocycles. The number of aliphatic hydroxyl groups is 1. The smallest absolute Gasteiger partial charge is 0.249 e. The summed E-state index contributed by atoms with van der Waals surface area (Å²) < 4.78 is 5.37. The van der Waals surface area contributed by atoms with E-state index in [9.17, 15) is 4.79 Å². The second kappa shape index (κ2) is 6.08. The largest absolute Gasteiger partial charge is 0.394 e. The lowest BCUT2D eigenvalue weighted by atomic mass is 10.0. The fourth-order valence-electron chi connectivity index (χ4n) is 1.65. The number of ether oxygens (including phenoxy) is 1. The van der Waals surface area contributed by atoms with Gasteiger partial charge >= 0.3 is 0 Å². The molecule has 0 aromatic carbocycles. The second-order valence-corrected chi connectivity index (χ2v) is 4.40. The van der Waals surface area contributed by atoms with Gasteiger partial charge in [0.15, 0.2) is 0 Å². The fourth-order valence-corrected chi connectivity index (χ4v) is 1.65. The van der Waals surface area contributed by atoms with Gasteiger partial charge < -0.3 is 15.2 Å². The highest BCUT2D eigenvalue weighted by Crippen LogP contribution is 2.13. The van der Waals surface area contributed by atoms with Gasteiger partial charge in [0.25, 0.3) is 0 Å². The normalized spacial score (nSPS) is 23.9. The molecule has 0 aromatic rings. The summed E-state index contributed by atoms with van der Waals surface area (Å²) in [5.74, 6) is 0.157. The third-order valence-corrected chi connectivity index (χ3v) is 2.80. The van der Waals surface area contributed by atoms with Gasteiger partial charge in [0.2, 0.25) is 5.91 Å². The van der Waals surface area contributed by atoms with Gasteiger partial charge in [-0.25, -0.2) is 0 Å². The van der Waals surface area contributed by atoms with E-state index in [1.807, 2.05) is 13.8 Å². The molecule has 1 amide bonds. The first-order valence-electron chi connectivity index (χ1n) is 5.68. The van der Waals surface area contributed by atoms with Crippen LogP contribution in [-0.4, -0.2) is 36.4 Å². The van der Waals surface area contributed by atoms with E-state index in [4.69, 9.17) is 9.84 Å².